The average Bonchev–Trinajstić information content (AvgIpc) is 3.32. The smallest absolute Gasteiger partial charge is 0.325 e. The Labute approximate surface area is 178 Å². The number of fused-ring (bicyclic) bond motifs is 1. The highest BCUT2D eigenvalue weighted by Crippen LogP contribution is 2.33. The van der Waals surface area contributed by atoms with Gasteiger partial charge in [-0.3, -0.25) is 19.3 Å². The number of hydrogen-bond acceptors (Lipinski definition) is 6. The van der Waals surface area contributed by atoms with Gasteiger partial charge in [0.15, 0.2) is 17.3 Å². The maximum atomic E-state index is 12.7. The molecule has 160 valence electrons. The molecule has 9 heteroatoms. The second-order valence-corrected chi connectivity index (χ2v) is 7.34. The number of carbonyl (C=O) groups excluding carboxylic acids is 4. The molecule has 9 nitrogen and oxygen atoms in total. The van der Waals surface area contributed by atoms with E-state index in [0.29, 0.717) is 22.7 Å². The van der Waals surface area contributed by atoms with Gasteiger partial charge in [-0.25, -0.2) is 4.79 Å². The molecule has 2 N–H and O–H groups in total. The van der Waals surface area contributed by atoms with Gasteiger partial charge < -0.3 is 20.1 Å². The molecular formula is C22H21N3O6. The third-order valence-electron chi connectivity index (χ3n) is 5.10. The molecule has 1 atom stereocenters. The van der Waals surface area contributed by atoms with E-state index in [9.17, 15) is 19.2 Å². The zero-order valence-corrected chi connectivity index (χ0v) is 16.8. The first kappa shape index (κ1) is 20.4. The Balaban J connectivity index is 1.32. The fraction of sp³-hybridized carbons (Fsp3) is 0.273. The number of ketones is 1. The lowest BCUT2D eigenvalue weighted by molar-refractivity contribution is -0.128. The highest BCUT2D eigenvalue weighted by molar-refractivity contribution is 6.04. The van der Waals surface area contributed by atoms with E-state index in [0.717, 1.165) is 10.5 Å². The van der Waals surface area contributed by atoms with Crippen LogP contribution in [0.3, 0.4) is 0 Å². The standard InChI is InChI=1S/C22H21N3O6/c1-13(26)15-3-2-4-16(10-15)23-20(27)8-6-17-21(28)25(22(29)24-17)11-14-5-7-18-19(9-14)31-12-30-18/h2-5,7,9-10,17H,6,8,11-12H2,1H3,(H,23,27)(H,24,29). The minimum atomic E-state index is -0.768. The molecule has 2 aliphatic heterocycles. The predicted molar refractivity (Wildman–Crippen MR) is 110 cm³/mol. The number of anilines is 1. The van der Waals surface area contributed by atoms with E-state index in [1.165, 1.54) is 6.92 Å². The van der Waals surface area contributed by atoms with Gasteiger partial charge in [-0.15, -0.1) is 0 Å². The highest BCUT2D eigenvalue weighted by atomic mass is 16.7. The van der Waals surface area contributed by atoms with Crippen molar-refractivity contribution in [2.75, 3.05) is 12.1 Å². The summed E-state index contributed by atoms with van der Waals surface area (Å²) in [6.45, 7) is 1.69. The zero-order valence-electron chi connectivity index (χ0n) is 16.8. The fourth-order valence-corrected chi connectivity index (χ4v) is 3.46. The van der Waals surface area contributed by atoms with Crippen LogP contribution in [0.15, 0.2) is 42.5 Å². The van der Waals surface area contributed by atoms with Gasteiger partial charge in [0, 0.05) is 17.7 Å². The molecule has 4 amide bonds. The number of ether oxygens (including phenoxy) is 2. The van der Waals surface area contributed by atoms with Crippen molar-refractivity contribution < 1.29 is 28.7 Å². The van der Waals surface area contributed by atoms with Crippen LogP contribution in [0, 0.1) is 0 Å². The van der Waals surface area contributed by atoms with Crippen LogP contribution >= 0.6 is 0 Å². The summed E-state index contributed by atoms with van der Waals surface area (Å²) >= 11 is 0. The van der Waals surface area contributed by atoms with Gasteiger partial charge in [-0.2, -0.15) is 0 Å². The molecule has 1 saturated heterocycles. The number of carbonyl (C=O) groups is 4. The van der Waals surface area contributed by atoms with Gasteiger partial charge in [0.1, 0.15) is 6.04 Å². The van der Waals surface area contributed by atoms with Gasteiger partial charge in [-0.05, 0) is 43.2 Å². The molecule has 31 heavy (non-hydrogen) atoms. The molecule has 0 spiro atoms. The van der Waals surface area contributed by atoms with E-state index < -0.39 is 12.1 Å². The Morgan fingerprint density at radius 1 is 1.13 bits per heavy atom. The molecule has 1 unspecified atom stereocenters. The van der Waals surface area contributed by atoms with Gasteiger partial charge in [0.05, 0.1) is 6.54 Å². The van der Waals surface area contributed by atoms with Crippen LogP contribution in [0.4, 0.5) is 10.5 Å². The SMILES string of the molecule is CC(=O)c1cccc(NC(=O)CCC2NC(=O)N(Cc3ccc4c(c3)OCO4)C2=O)c1. The van der Waals surface area contributed by atoms with E-state index in [2.05, 4.69) is 10.6 Å². The monoisotopic (exact) mass is 423 g/mol. The normalized spacial score (nSPS) is 16.9. The van der Waals surface area contributed by atoms with E-state index in [-0.39, 0.29) is 43.8 Å². The number of amides is 4. The van der Waals surface area contributed by atoms with Crippen molar-refractivity contribution in [1.29, 1.82) is 0 Å². The first-order valence-corrected chi connectivity index (χ1v) is 9.82. The predicted octanol–water partition coefficient (Wildman–Crippen LogP) is 2.46. The van der Waals surface area contributed by atoms with Crippen molar-refractivity contribution >= 4 is 29.3 Å². The third-order valence-corrected chi connectivity index (χ3v) is 5.10. The van der Waals surface area contributed by atoms with Gasteiger partial charge in [0.25, 0.3) is 5.91 Å². The fourth-order valence-electron chi connectivity index (χ4n) is 3.46. The summed E-state index contributed by atoms with van der Waals surface area (Å²) in [5.74, 6) is 0.411. The number of imide groups is 1. The summed E-state index contributed by atoms with van der Waals surface area (Å²) in [6.07, 6.45) is 0.208. The number of rotatable bonds is 7. The molecule has 0 bridgehead atoms. The molecule has 4 rings (SSSR count). The molecular weight excluding hydrogens is 402 g/mol. The molecule has 2 aromatic carbocycles. The van der Waals surface area contributed by atoms with Crippen LogP contribution in [0.1, 0.15) is 35.7 Å². The van der Waals surface area contributed by atoms with E-state index in [1.807, 2.05) is 0 Å². The summed E-state index contributed by atoms with van der Waals surface area (Å²) in [7, 11) is 0. The number of hydrogen-bond donors (Lipinski definition) is 2. The number of Topliss-reactive ketones (excluding diaryl/α,β-unsaturated/α-hetero) is 1. The Bertz CT molecular complexity index is 1070. The third kappa shape index (κ3) is 4.50. The number of benzene rings is 2. The second kappa shape index (κ2) is 8.47. The first-order chi connectivity index (χ1) is 14.9. The van der Waals surface area contributed by atoms with Crippen LogP contribution in [-0.4, -0.2) is 41.4 Å². The Kier molecular flexibility index (Phi) is 5.57. The van der Waals surface area contributed by atoms with Crippen LogP contribution in [0.2, 0.25) is 0 Å². The maximum Gasteiger partial charge on any atom is 0.325 e. The topological polar surface area (TPSA) is 114 Å². The molecule has 0 radical (unpaired) electrons. The summed E-state index contributed by atoms with van der Waals surface area (Å²) in [6, 6.07) is 10.6. The minimum Gasteiger partial charge on any atom is -0.454 e. The number of urea groups is 1. The molecule has 0 aromatic heterocycles. The number of nitrogens with zero attached hydrogens (tertiary/aromatic N) is 1. The zero-order chi connectivity index (χ0) is 22.0. The largest absolute Gasteiger partial charge is 0.454 e. The van der Waals surface area contributed by atoms with Crippen molar-refractivity contribution in [3.8, 4) is 11.5 Å². The Morgan fingerprint density at radius 3 is 2.74 bits per heavy atom. The van der Waals surface area contributed by atoms with Crippen molar-refractivity contribution in [1.82, 2.24) is 10.2 Å². The van der Waals surface area contributed by atoms with Gasteiger partial charge in [-0.1, -0.05) is 18.2 Å². The molecule has 2 aromatic rings. The average molecular weight is 423 g/mol. The molecule has 1 fully saturated rings. The number of nitrogens with one attached hydrogen (secondary N) is 2. The first-order valence-electron chi connectivity index (χ1n) is 9.82. The quantitative estimate of drug-likeness (QED) is 0.522. The van der Waals surface area contributed by atoms with Crippen LogP contribution in [-0.2, 0) is 16.1 Å². The van der Waals surface area contributed by atoms with Gasteiger partial charge >= 0.3 is 6.03 Å². The minimum absolute atomic E-state index is 0.0405. The highest BCUT2D eigenvalue weighted by Gasteiger charge is 2.38. The summed E-state index contributed by atoms with van der Waals surface area (Å²) in [5, 5.41) is 5.33. The van der Waals surface area contributed by atoms with E-state index >= 15 is 0 Å². The molecule has 2 heterocycles. The molecule has 0 saturated carbocycles. The molecule has 0 aliphatic carbocycles. The lowest BCUT2D eigenvalue weighted by Crippen LogP contribution is -2.31. The van der Waals surface area contributed by atoms with Crippen molar-refractivity contribution in [3.05, 3.63) is 53.6 Å². The lowest BCUT2D eigenvalue weighted by atomic mass is 10.1. The van der Waals surface area contributed by atoms with E-state index in [4.69, 9.17) is 9.47 Å². The summed E-state index contributed by atoms with van der Waals surface area (Å²) < 4.78 is 10.6. The van der Waals surface area contributed by atoms with E-state index in [1.54, 1.807) is 42.5 Å². The van der Waals surface area contributed by atoms with Crippen molar-refractivity contribution in [2.24, 2.45) is 0 Å². The van der Waals surface area contributed by atoms with Crippen molar-refractivity contribution in [2.45, 2.75) is 32.4 Å². The summed E-state index contributed by atoms with van der Waals surface area (Å²) in [4.78, 5) is 49.8. The van der Waals surface area contributed by atoms with Crippen LogP contribution < -0.4 is 20.1 Å². The Morgan fingerprint density at radius 2 is 1.94 bits per heavy atom. The maximum absolute atomic E-state index is 12.7. The Hall–Kier alpha value is -3.88. The molecule has 2 aliphatic rings. The second-order valence-electron chi connectivity index (χ2n) is 7.34. The lowest BCUT2D eigenvalue weighted by Gasteiger charge is -2.13. The van der Waals surface area contributed by atoms with Crippen molar-refractivity contribution in [3.63, 3.8) is 0 Å². The van der Waals surface area contributed by atoms with Gasteiger partial charge in [0.2, 0.25) is 12.7 Å². The summed E-state index contributed by atoms with van der Waals surface area (Å²) in [5.41, 5.74) is 1.73. The van der Waals surface area contributed by atoms with Crippen LogP contribution in [0.5, 0.6) is 11.5 Å². The van der Waals surface area contributed by atoms with Crippen LogP contribution in [0.25, 0.3) is 0 Å².